The zero-order valence-electron chi connectivity index (χ0n) is 18.5. The Bertz CT molecular complexity index is 1020. The van der Waals surface area contributed by atoms with E-state index < -0.39 is 0 Å². The van der Waals surface area contributed by atoms with Gasteiger partial charge in [-0.2, -0.15) is 0 Å². The molecule has 164 valence electrons. The number of benzene rings is 3. The molecule has 4 fully saturated rings. The van der Waals surface area contributed by atoms with E-state index in [-0.39, 0.29) is 5.54 Å². The maximum Gasteiger partial charge on any atom is 0.0451 e. The van der Waals surface area contributed by atoms with E-state index in [9.17, 15) is 0 Å². The van der Waals surface area contributed by atoms with Crippen molar-refractivity contribution < 1.29 is 0 Å². The van der Waals surface area contributed by atoms with E-state index >= 15 is 0 Å². The fourth-order valence-electron chi connectivity index (χ4n) is 6.99. The Morgan fingerprint density at radius 3 is 1.94 bits per heavy atom. The molecule has 4 bridgehead atoms. The summed E-state index contributed by atoms with van der Waals surface area (Å²) in [4.78, 5) is 2.85. The zero-order chi connectivity index (χ0) is 21.5. The monoisotopic (exact) mass is 442 g/mol. The molecule has 4 heterocycles. The van der Waals surface area contributed by atoms with Crippen LogP contribution in [0.15, 0.2) is 84.9 Å². The molecule has 4 aliphatic heterocycles. The number of fused-ring (bicyclic) bond motifs is 1. The van der Waals surface area contributed by atoms with E-state index in [4.69, 9.17) is 11.6 Å². The summed E-state index contributed by atoms with van der Waals surface area (Å²) in [5.41, 5.74) is 3.99. The number of rotatable bonds is 6. The van der Waals surface area contributed by atoms with Crippen molar-refractivity contribution in [1.29, 1.82) is 0 Å². The van der Waals surface area contributed by atoms with Gasteiger partial charge in [-0.3, -0.25) is 4.90 Å². The Labute approximate surface area is 196 Å². The lowest BCUT2D eigenvalue weighted by molar-refractivity contribution is -0.0489. The summed E-state index contributed by atoms with van der Waals surface area (Å²) in [6, 6.07) is 32.2. The molecule has 4 saturated heterocycles. The molecule has 0 amide bonds. The first kappa shape index (κ1) is 20.5. The quantitative estimate of drug-likeness (QED) is 0.484. The highest BCUT2D eigenvalue weighted by Gasteiger charge is 2.58. The van der Waals surface area contributed by atoms with Gasteiger partial charge in [0, 0.05) is 41.7 Å². The van der Waals surface area contributed by atoms with Crippen molar-refractivity contribution in [2.45, 2.75) is 55.8 Å². The fraction of sp³-hybridized carbons (Fsp3) is 0.379. The van der Waals surface area contributed by atoms with Gasteiger partial charge in [-0.25, -0.2) is 0 Å². The normalized spacial score (nSPS) is 30.7. The van der Waals surface area contributed by atoms with Crippen molar-refractivity contribution in [3.05, 3.63) is 107 Å². The number of hydrogen-bond donors (Lipinski definition) is 1. The second kappa shape index (κ2) is 8.33. The maximum absolute atomic E-state index is 6.59. The third kappa shape index (κ3) is 3.41. The standard InChI is InChI=1S/C29H31ClN2/c30-27-14-8-7-13-23(27)19-31-29(20-32-25-15-16-26(32)18-24(29)17-25)28(21-9-3-1-4-10-21)22-11-5-2-6-12-22/h1-14,24-26,28,31H,15-20H2. The first-order valence-electron chi connectivity index (χ1n) is 12.1. The predicted molar refractivity (Wildman–Crippen MR) is 132 cm³/mol. The zero-order valence-corrected chi connectivity index (χ0v) is 19.2. The summed E-state index contributed by atoms with van der Waals surface area (Å²) in [6.07, 6.45) is 5.37. The highest BCUT2D eigenvalue weighted by molar-refractivity contribution is 6.31. The summed E-state index contributed by atoms with van der Waals surface area (Å²) >= 11 is 6.59. The van der Waals surface area contributed by atoms with Crippen molar-refractivity contribution in [2.75, 3.05) is 6.54 Å². The number of nitrogens with zero attached hydrogens (tertiary/aromatic N) is 1. The van der Waals surface area contributed by atoms with Gasteiger partial charge >= 0.3 is 0 Å². The lowest BCUT2D eigenvalue weighted by Gasteiger charge is -2.60. The van der Waals surface area contributed by atoms with Gasteiger partial charge < -0.3 is 5.32 Å². The molecule has 3 heteroatoms. The SMILES string of the molecule is Clc1ccccc1CNC1(C(c2ccccc2)c2ccccc2)CN2C3CCC2CC1C3. The second-order valence-electron chi connectivity index (χ2n) is 9.97. The first-order chi connectivity index (χ1) is 15.7. The molecule has 3 unspecified atom stereocenters. The molecule has 0 spiro atoms. The second-order valence-corrected chi connectivity index (χ2v) is 10.4. The lowest BCUT2D eigenvalue weighted by Crippen LogP contribution is -2.71. The molecule has 0 aromatic heterocycles. The van der Waals surface area contributed by atoms with Crippen LogP contribution in [0.3, 0.4) is 0 Å². The van der Waals surface area contributed by atoms with E-state index in [0.29, 0.717) is 11.8 Å². The Morgan fingerprint density at radius 2 is 1.38 bits per heavy atom. The van der Waals surface area contributed by atoms with E-state index in [0.717, 1.165) is 30.2 Å². The van der Waals surface area contributed by atoms with Crippen LogP contribution in [0, 0.1) is 5.92 Å². The van der Waals surface area contributed by atoms with E-state index in [1.165, 1.54) is 42.4 Å². The van der Waals surface area contributed by atoms with Crippen molar-refractivity contribution in [3.8, 4) is 0 Å². The average Bonchev–Trinajstić information content (AvgIpc) is 3.09. The molecule has 1 N–H and O–H groups in total. The molecule has 3 aromatic rings. The number of hydrogen-bond acceptors (Lipinski definition) is 2. The first-order valence-corrected chi connectivity index (χ1v) is 12.5. The third-order valence-corrected chi connectivity index (χ3v) is 8.77. The molecule has 3 aromatic carbocycles. The van der Waals surface area contributed by atoms with Crippen LogP contribution < -0.4 is 5.32 Å². The van der Waals surface area contributed by atoms with E-state index in [2.05, 4.69) is 83.0 Å². The van der Waals surface area contributed by atoms with Gasteiger partial charge in [-0.15, -0.1) is 0 Å². The van der Waals surface area contributed by atoms with Crippen molar-refractivity contribution in [3.63, 3.8) is 0 Å². The number of halogens is 1. The topological polar surface area (TPSA) is 15.3 Å². The average molecular weight is 443 g/mol. The minimum absolute atomic E-state index is 0.0147. The molecule has 3 atom stereocenters. The van der Waals surface area contributed by atoms with Gasteiger partial charge in [-0.1, -0.05) is 90.5 Å². The largest absolute Gasteiger partial charge is 0.305 e. The number of nitrogens with one attached hydrogen (secondary N) is 1. The van der Waals surface area contributed by atoms with Crippen LogP contribution in [-0.2, 0) is 6.54 Å². The van der Waals surface area contributed by atoms with Gasteiger partial charge in [0.05, 0.1) is 0 Å². The summed E-state index contributed by atoms with van der Waals surface area (Å²) in [5, 5.41) is 5.02. The minimum atomic E-state index is -0.0147. The van der Waals surface area contributed by atoms with Crippen LogP contribution in [0.4, 0.5) is 0 Å². The molecular formula is C29H31ClN2. The summed E-state index contributed by atoms with van der Waals surface area (Å²) in [5.74, 6) is 0.970. The Balaban J connectivity index is 1.46. The fourth-order valence-corrected chi connectivity index (χ4v) is 7.20. The smallest absolute Gasteiger partial charge is 0.0451 e. The highest BCUT2D eigenvalue weighted by atomic mass is 35.5. The molecule has 32 heavy (non-hydrogen) atoms. The highest BCUT2D eigenvalue weighted by Crippen LogP contribution is 2.54. The van der Waals surface area contributed by atoms with Crippen molar-refractivity contribution >= 4 is 11.6 Å². The van der Waals surface area contributed by atoms with Crippen LogP contribution in [0.1, 0.15) is 48.3 Å². The van der Waals surface area contributed by atoms with Crippen LogP contribution in [-0.4, -0.2) is 29.1 Å². The summed E-state index contributed by atoms with van der Waals surface area (Å²) in [6.45, 7) is 1.92. The van der Waals surface area contributed by atoms with Crippen LogP contribution in [0.25, 0.3) is 0 Å². The number of piperidine rings is 3. The van der Waals surface area contributed by atoms with Crippen molar-refractivity contribution in [1.82, 2.24) is 10.2 Å². The lowest BCUT2D eigenvalue weighted by atomic mass is 9.60. The molecular weight excluding hydrogens is 412 g/mol. The van der Waals surface area contributed by atoms with Gasteiger partial charge in [-0.05, 0) is 54.4 Å². The maximum atomic E-state index is 6.59. The van der Waals surface area contributed by atoms with Crippen LogP contribution in [0.2, 0.25) is 5.02 Å². The molecule has 2 nitrogen and oxygen atoms in total. The molecule has 0 saturated carbocycles. The Hall–Kier alpha value is -2.13. The molecule has 4 aliphatic rings. The molecule has 0 aliphatic carbocycles. The van der Waals surface area contributed by atoms with Crippen molar-refractivity contribution in [2.24, 2.45) is 5.92 Å². The van der Waals surface area contributed by atoms with Crippen LogP contribution in [0.5, 0.6) is 0 Å². The summed E-state index contributed by atoms with van der Waals surface area (Å²) < 4.78 is 0. The Morgan fingerprint density at radius 1 is 0.812 bits per heavy atom. The van der Waals surface area contributed by atoms with Crippen LogP contribution >= 0.6 is 11.6 Å². The molecule has 7 rings (SSSR count). The molecule has 0 radical (unpaired) electrons. The van der Waals surface area contributed by atoms with E-state index in [1.54, 1.807) is 0 Å². The summed E-state index contributed by atoms with van der Waals surface area (Å²) in [7, 11) is 0. The van der Waals surface area contributed by atoms with Gasteiger partial charge in [0.25, 0.3) is 0 Å². The van der Waals surface area contributed by atoms with E-state index in [1.807, 2.05) is 12.1 Å². The van der Waals surface area contributed by atoms with Gasteiger partial charge in [0.1, 0.15) is 0 Å². The Kier molecular flexibility index (Phi) is 5.33. The third-order valence-electron chi connectivity index (χ3n) is 8.40. The minimum Gasteiger partial charge on any atom is -0.305 e. The van der Waals surface area contributed by atoms with Gasteiger partial charge in [0.15, 0.2) is 0 Å². The van der Waals surface area contributed by atoms with Gasteiger partial charge in [0.2, 0.25) is 0 Å². The predicted octanol–water partition coefficient (Wildman–Crippen LogP) is 6.26.